The van der Waals surface area contributed by atoms with E-state index in [1.165, 1.54) is 19.9 Å². The Morgan fingerprint density at radius 1 is 1.34 bits per heavy atom. The van der Waals surface area contributed by atoms with Crippen LogP contribution in [0, 0.1) is 17.8 Å². The molecular formula is C22H27ClO9. The summed E-state index contributed by atoms with van der Waals surface area (Å²) in [6.07, 6.45) is -2.00. The van der Waals surface area contributed by atoms with Crippen molar-refractivity contribution in [2.24, 2.45) is 17.8 Å². The van der Waals surface area contributed by atoms with Crippen LogP contribution in [0.2, 0.25) is 0 Å². The van der Waals surface area contributed by atoms with Crippen LogP contribution in [0.25, 0.3) is 0 Å². The van der Waals surface area contributed by atoms with Crippen molar-refractivity contribution in [1.29, 1.82) is 0 Å². The first-order valence-electron chi connectivity index (χ1n) is 10.5. The second kappa shape index (κ2) is 7.83. The highest BCUT2D eigenvalue weighted by atomic mass is 35.5. The number of rotatable bonds is 5. The molecule has 0 unspecified atom stereocenters. The average molecular weight is 471 g/mol. The zero-order valence-corrected chi connectivity index (χ0v) is 18.8. The molecule has 10 heteroatoms. The van der Waals surface area contributed by atoms with Gasteiger partial charge in [-0.1, -0.05) is 6.58 Å². The van der Waals surface area contributed by atoms with Crippen LogP contribution in [-0.4, -0.2) is 76.2 Å². The highest BCUT2D eigenvalue weighted by molar-refractivity contribution is 6.18. The summed E-state index contributed by atoms with van der Waals surface area (Å²) in [6.45, 7) is 8.31. The molecule has 9 atom stereocenters. The Morgan fingerprint density at radius 3 is 2.66 bits per heavy atom. The molecule has 0 aromatic heterocycles. The molecule has 0 spiro atoms. The number of aliphatic hydroxyl groups is 2. The standard InChI is InChI=1S/C22H27ClO9/c1-9(5-6-29-11(3)24)19(26)30-12-7-22(28,8-23)14-15(21(4)18(32-21)16(14)25)17-13(12)10(2)20(27)31-17/h5,12-18,25,28H,2,6-8H2,1,3-4H3/t12-,13-,14+,15+,16+,17+,18-,21+,22+/m1/s1. The first-order valence-corrected chi connectivity index (χ1v) is 11.0. The zero-order chi connectivity index (χ0) is 23.6. The number of carbonyl (C=O) groups excluding carboxylic acids is 3. The molecule has 176 valence electrons. The maximum Gasteiger partial charge on any atom is 0.334 e. The van der Waals surface area contributed by atoms with Crippen molar-refractivity contribution < 1.29 is 43.5 Å². The summed E-state index contributed by atoms with van der Waals surface area (Å²) in [7, 11) is 0. The predicted octanol–water partition coefficient (Wildman–Crippen LogP) is 0.643. The van der Waals surface area contributed by atoms with Gasteiger partial charge >= 0.3 is 17.9 Å². The second-order valence-electron chi connectivity index (χ2n) is 9.26. The lowest BCUT2D eigenvalue weighted by atomic mass is 9.74. The molecule has 4 fully saturated rings. The van der Waals surface area contributed by atoms with Crippen molar-refractivity contribution in [2.75, 3.05) is 12.5 Å². The van der Waals surface area contributed by atoms with Gasteiger partial charge in [0.15, 0.2) is 0 Å². The molecule has 0 bridgehead atoms. The van der Waals surface area contributed by atoms with Gasteiger partial charge in [0, 0.05) is 36.3 Å². The Kier molecular flexibility index (Phi) is 5.68. The Bertz CT molecular complexity index is 900. The highest BCUT2D eigenvalue weighted by Gasteiger charge is 2.78. The van der Waals surface area contributed by atoms with Gasteiger partial charge < -0.3 is 29.2 Å². The van der Waals surface area contributed by atoms with Gasteiger partial charge in [0.25, 0.3) is 0 Å². The van der Waals surface area contributed by atoms with Crippen molar-refractivity contribution in [2.45, 2.75) is 62.8 Å². The second-order valence-corrected chi connectivity index (χ2v) is 9.53. The quantitative estimate of drug-likeness (QED) is 0.195. The highest BCUT2D eigenvalue weighted by Crippen LogP contribution is 2.64. The van der Waals surface area contributed by atoms with Crippen LogP contribution >= 0.6 is 11.6 Å². The number of esters is 3. The van der Waals surface area contributed by atoms with E-state index < -0.39 is 71.3 Å². The van der Waals surface area contributed by atoms with Crippen LogP contribution in [0.1, 0.15) is 27.2 Å². The van der Waals surface area contributed by atoms with Gasteiger partial charge in [-0.25, -0.2) is 9.59 Å². The smallest absolute Gasteiger partial charge is 0.334 e. The molecule has 0 radical (unpaired) electrons. The molecule has 0 amide bonds. The summed E-state index contributed by atoms with van der Waals surface area (Å²) in [5, 5.41) is 22.4. The Labute approximate surface area is 190 Å². The number of fused-ring (bicyclic) bond motifs is 5. The third-order valence-corrected chi connectivity index (χ3v) is 7.76. The van der Waals surface area contributed by atoms with E-state index in [4.69, 9.17) is 30.5 Å². The van der Waals surface area contributed by atoms with E-state index in [1.54, 1.807) is 6.92 Å². The van der Waals surface area contributed by atoms with Crippen LogP contribution in [0.3, 0.4) is 0 Å². The lowest BCUT2D eigenvalue weighted by Gasteiger charge is -2.39. The Morgan fingerprint density at radius 2 is 2.03 bits per heavy atom. The molecule has 9 nitrogen and oxygen atoms in total. The fourth-order valence-corrected chi connectivity index (χ4v) is 5.95. The summed E-state index contributed by atoms with van der Waals surface area (Å²) >= 11 is 6.19. The number of alkyl halides is 1. The molecule has 0 aromatic rings. The molecule has 2 N–H and O–H groups in total. The van der Waals surface area contributed by atoms with E-state index >= 15 is 0 Å². The molecular weight excluding hydrogens is 444 g/mol. The first-order chi connectivity index (χ1) is 14.9. The lowest BCUT2D eigenvalue weighted by Crippen LogP contribution is -2.51. The number of carbonyl (C=O) groups is 3. The minimum atomic E-state index is -1.59. The maximum atomic E-state index is 12.7. The van der Waals surface area contributed by atoms with Gasteiger partial charge in [-0.3, -0.25) is 4.79 Å². The first kappa shape index (κ1) is 23.2. The van der Waals surface area contributed by atoms with Crippen molar-refractivity contribution in [1.82, 2.24) is 0 Å². The van der Waals surface area contributed by atoms with Crippen LogP contribution in [-0.2, 0) is 33.3 Å². The monoisotopic (exact) mass is 470 g/mol. The van der Waals surface area contributed by atoms with Gasteiger partial charge in [0.05, 0.1) is 23.5 Å². The van der Waals surface area contributed by atoms with Crippen molar-refractivity contribution in [3.05, 3.63) is 23.8 Å². The molecule has 2 aliphatic heterocycles. The zero-order valence-electron chi connectivity index (χ0n) is 18.1. The minimum Gasteiger partial charge on any atom is -0.462 e. The Balaban J connectivity index is 1.66. The number of aliphatic hydroxyl groups excluding tert-OH is 1. The number of hydrogen-bond donors (Lipinski definition) is 2. The van der Waals surface area contributed by atoms with Crippen molar-refractivity contribution in [3.63, 3.8) is 0 Å². The predicted molar refractivity (Wildman–Crippen MR) is 109 cm³/mol. The van der Waals surface area contributed by atoms with Crippen LogP contribution in [0.5, 0.6) is 0 Å². The number of ether oxygens (including phenoxy) is 4. The number of hydrogen-bond acceptors (Lipinski definition) is 9. The Hall–Kier alpha value is -1.94. The van der Waals surface area contributed by atoms with Gasteiger partial charge in [0.2, 0.25) is 0 Å². The normalized spacial score (nSPS) is 44.7. The summed E-state index contributed by atoms with van der Waals surface area (Å²) in [4.78, 5) is 36.1. The van der Waals surface area contributed by atoms with E-state index in [0.29, 0.717) is 0 Å². The van der Waals surface area contributed by atoms with Gasteiger partial charge in [-0.2, -0.15) is 0 Å². The number of halogens is 1. The average Bonchev–Trinajstić information content (AvgIpc) is 3.28. The van der Waals surface area contributed by atoms with E-state index in [2.05, 4.69) is 6.58 Å². The van der Waals surface area contributed by atoms with Gasteiger partial charge in [-0.15, -0.1) is 11.6 Å². The largest absolute Gasteiger partial charge is 0.462 e. The minimum absolute atomic E-state index is 0.0969. The molecule has 4 aliphatic rings. The fraction of sp³-hybridized carbons (Fsp3) is 0.682. The third kappa shape index (κ3) is 3.46. The van der Waals surface area contributed by atoms with E-state index in [1.807, 2.05) is 0 Å². The summed E-state index contributed by atoms with van der Waals surface area (Å²) in [6, 6.07) is 0. The molecule has 4 rings (SSSR count). The molecule has 32 heavy (non-hydrogen) atoms. The van der Waals surface area contributed by atoms with Crippen LogP contribution in [0.15, 0.2) is 23.8 Å². The summed E-state index contributed by atoms with van der Waals surface area (Å²) in [5.74, 6) is -4.04. The lowest BCUT2D eigenvalue weighted by molar-refractivity contribution is -0.152. The molecule has 2 saturated carbocycles. The fourth-order valence-electron chi connectivity index (χ4n) is 5.66. The van der Waals surface area contributed by atoms with Gasteiger partial charge in [-0.05, 0) is 19.9 Å². The molecule has 2 aliphatic carbocycles. The van der Waals surface area contributed by atoms with E-state index in [-0.39, 0.29) is 30.1 Å². The summed E-state index contributed by atoms with van der Waals surface area (Å²) in [5.41, 5.74) is -2.07. The van der Waals surface area contributed by atoms with E-state index in [9.17, 15) is 24.6 Å². The van der Waals surface area contributed by atoms with Gasteiger partial charge in [0.1, 0.15) is 30.5 Å². The van der Waals surface area contributed by atoms with Crippen LogP contribution < -0.4 is 0 Å². The third-order valence-electron chi connectivity index (χ3n) is 7.29. The van der Waals surface area contributed by atoms with E-state index in [0.717, 1.165) is 0 Å². The van der Waals surface area contributed by atoms with Crippen molar-refractivity contribution >= 4 is 29.5 Å². The number of epoxide rings is 1. The topological polar surface area (TPSA) is 132 Å². The molecule has 2 heterocycles. The summed E-state index contributed by atoms with van der Waals surface area (Å²) < 4.78 is 21.9. The SMILES string of the molecule is C=C1C(=O)O[C@H]2[C@H]1[C@H](OC(=O)C(C)=CCOC(C)=O)C[C@](O)(CCl)[C@@H]1[C@H](O)[C@H]3O[C@@]3(C)[C@H]21. The van der Waals surface area contributed by atoms with Crippen LogP contribution in [0.4, 0.5) is 0 Å². The molecule has 0 aromatic carbocycles. The van der Waals surface area contributed by atoms with Crippen molar-refractivity contribution in [3.8, 4) is 0 Å². The molecule has 2 saturated heterocycles. The maximum absolute atomic E-state index is 12.7.